The Hall–Kier alpha value is -1.93. The molecule has 1 N–H and O–H groups in total. The molecule has 0 radical (unpaired) electrons. The third-order valence-electron chi connectivity index (χ3n) is 5.19. The lowest BCUT2D eigenvalue weighted by Gasteiger charge is -2.31. The molecular formula is C18H27N5O3. The first-order chi connectivity index (χ1) is 12.7. The van der Waals surface area contributed by atoms with Gasteiger partial charge in [-0.3, -0.25) is 9.47 Å². The molecule has 142 valence electrons. The summed E-state index contributed by atoms with van der Waals surface area (Å²) in [6.07, 6.45) is 7.72. The number of imidazole rings is 1. The van der Waals surface area contributed by atoms with Crippen molar-refractivity contribution in [2.45, 2.75) is 57.8 Å². The molecule has 2 atom stereocenters. The van der Waals surface area contributed by atoms with E-state index in [0.717, 1.165) is 38.9 Å². The van der Waals surface area contributed by atoms with Crippen molar-refractivity contribution in [3.63, 3.8) is 0 Å². The summed E-state index contributed by atoms with van der Waals surface area (Å²) in [4.78, 5) is 26.2. The Balaban J connectivity index is 1.39. The maximum absolute atomic E-state index is 12.3. The van der Waals surface area contributed by atoms with Crippen molar-refractivity contribution in [1.82, 2.24) is 24.4 Å². The molecule has 0 aromatic carbocycles. The van der Waals surface area contributed by atoms with Gasteiger partial charge in [-0.05, 0) is 25.7 Å². The number of nitrogens with one attached hydrogen (secondary N) is 1. The van der Waals surface area contributed by atoms with Crippen LogP contribution in [0.15, 0.2) is 11.0 Å². The molecule has 0 spiro atoms. The Morgan fingerprint density at radius 2 is 2.08 bits per heavy atom. The van der Waals surface area contributed by atoms with Gasteiger partial charge in [-0.2, -0.15) is 4.98 Å². The van der Waals surface area contributed by atoms with Gasteiger partial charge in [-0.15, -0.1) is 0 Å². The van der Waals surface area contributed by atoms with Gasteiger partial charge in [0.1, 0.15) is 5.52 Å². The van der Waals surface area contributed by atoms with Crippen LogP contribution in [-0.2, 0) is 11.3 Å². The van der Waals surface area contributed by atoms with Crippen molar-refractivity contribution >= 4 is 11.2 Å². The molecule has 8 heteroatoms. The van der Waals surface area contributed by atoms with E-state index in [4.69, 9.17) is 9.47 Å². The van der Waals surface area contributed by atoms with E-state index >= 15 is 0 Å². The predicted molar refractivity (Wildman–Crippen MR) is 97.5 cm³/mol. The maximum Gasteiger partial charge on any atom is 0.327 e. The highest BCUT2D eigenvalue weighted by Crippen LogP contribution is 2.26. The van der Waals surface area contributed by atoms with Crippen LogP contribution in [0.4, 0.5) is 0 Å². The van der Waals surface area contributed by atoms with Crippen LogP contribution >= 0.6 is 0 Å². The number of rotatable bonds is 8. The molecule has 26 heavy (non-hydrogen) atoms. The highest BCUT2D eigenvalue weighted by atomic mass is 16.5. The molecule has 8 nitrogen and oxygen atoms in total. The van der Waals surface area contributed by atoms with Crippen LogP contribution < -0.4 is 10.4 Å². The second-order valence-electron chi connectivity index (χ2n) is 7.24. The van der Waals surface area contributed by atoms with Crippen LogP contribution in [0.3, 0.4) is 0 Å². The monoisotopic (exact) mass is 361 g/mol. The summed E-state index contributed by atoms with van der Waals surface area (Å²) in [5.41, 5.74) is 1.14. The number of aromatic amines is 1. The number of ether oxygens (including phenoxy) is 2. The average molecular weight is 361 g/mol. The fraction of sp³-hybridized carbons (Fsp3) is 0.722. The fourth-order valence-corrected chi connectivity index (χ4v) is 3.85. The molecule has 2 bridgehead atoms. The first-order valence-corrected chi connectivity index (χ1v) is 9.69. The van der Waals surface area contributed by atoms with Crippen LogP contribution in [0.2, 0.25) is 0 Å². The topological polar surface area (TPSA) is 85.3 Å². The quantitative estimate of drug-likeness (QED) is 0.718. The minimum Gasteiger partial charge on any atom is -0.463 e. The molecule has 2 aliphatic heterocycles. The highest BCUT2D eigenvalue weighted by molar-refractivity contribution is 5.69. The summed E-state index contributed by atoms with van der Waals surface area (Å²) >= 11 is 0. The zero-order chi connectivity index (χ0) is 17.9. The summed E-state index contributed by atoms with van der Waals surface area (Å²) in [6.45, 7) is 6.33. The van der Waals surface area contributed by atoms with Crippen LogP contribution in [0.1, 0.15) is 39.0 Å². The SMILES string of the molecule is CCCCOc1ncc2[nH]c(=O)n(CCCN3CC4CCC(C3)O4)c2n1. The van der Waals surface area contributed by atoms with Crippen molar-refractivity contribution in [1.29, 1.82) is 0 Å². The molecule has 2 unspecified atom stereocenters. The smallest absolute Gasteiger partial charge is 0.327 e. The zero-order valence-corrected chi connectivity index (χ0v) is 15.3. The number of unbranched alkanes of at least 4 members (excludes halogenated alkanes) is 1. The van der Waals surface area contributed by atoms with E-state index in [2.05, 4.69) is 26.8 Å². The molecule has 4 heterocycles. The lowest BCUT2D eigenvalue weighted by Crippen LogP contribution is -2.43. The number of likely N-dealkylation sites (tertiary alicyclic amines) is 1. The van der Waals surface area contributed by atoms with E-state index in [9.17, 15) is 4.79 Å². The van der Waals surface area contributed by atoms with Gasteiger partial charge >= 0.3 is 11.7 Å². The van der Waals surface area contributed by atoms with Gasteiger partial charge in [-0.1, -0.05) is 13.3 Å². The molecule has 0 saturated carbocycles. The standard InChI is InChI=1S/C18H27N5O3/c1-2-3-9-25-17-19-10-15-16(21-17)23(18(24)20-15)8-4-7-22-11-13-5-6-14(12-22)26-13/h10,13-14H,2-9,11-12H2,1H3,(H,20,24). The Labute approximate surface area is 152 Å². The second kappa shape index (κ2) is 7.75. The van der Waals surface area contributed by atoms with Gasteiger partial charge in [0.15, 0.2) is 5.65 Å². The number of nitrogens with zero attached hydrogens (tertiary/aromatic N) is 4. The zero-order valence-electron chi connectivity index (χ0n) is 15.3. The van der Waals surface area contributed by atoms with Gasteiger partial charge < -0.3 is 14.5 Å². The first kappa shape index (κ1) is 17.5. The van der Waals surface area contributed by atoms with Crippen molar-refractivity contribution in [2.24, 2.45) is 0 Å². The number of H-pyrrole nitrogens is 1. The Kier molecular flexibility index (Phi) is 5.21. The van der Waals surface area contributed by atoms with Crippen LogP contribution in [0.5, 0.6) is 6.01 Å². The molecule has 0 aliphatic carbocycles. The second-order valence-corrected chi connectivity index (χ2v) is 7.24. The number of morpholine rings is 1. The molecule has 2 saturated heterocycles. The van der Waals surface area contributed by atoms with E-state index in [1.54, 1.807) is 10.8 Å². The Bertz CT molecular complexity index is 790. The summed E-state index contributed by atoms with van der Waals surface area (Å²) in [7, 11) is 0. The minimum absolute atomic E-state index is 0.137. The number of aromatic nitrogens is 4. The van der Waals surface area contributed by atoms with E-state index in [1.165, 1.54) is 12.8 Å². The lowest BCUT2D eigenvalue weighted by atomic mass is 10.2. The average Bonchev–Trinajstić information content (AvgIpc) is 3.14. The summed E-state index contributed by atoms with van der Waals surface area (Å²) in [5.74, 6) is 0. The van der Waals surface area contributed by atoms with Crippen molar-refractivity contribution in [2.75, 3.05) is 26.2 Å². The predicted octanol–water partition coefficient (Wildman–Crippen LogP) is 1.55. The Morgan fingerprint density at radius 1 is 1.27 bits per heavy atom. The molecule has 2 fully saturated rings. The number of hydrogen-bond donors (Lipinski definition) is 1. The first-order valence-electron chi connectivity index (χ1n) is 9.69. The number of hydrogen-bond acceptors (Lipinski definition) is 6. The van der Waals surface area contributed by atoms with Gasteiger partial charge in [0.25, 0.3) is 0 Å². The normalized spacial score (nSPS) is 23.0. The Morgan fingerprint density at radius 3 is 2.85 bits per heavy atom. The summed E-state index contributed by atoms with van der Waals surface area (Å²) in [6, 6.07) is 0.337. The summed E-state index contributed by atoms with van der Waals surface area (Å²) in [5, 5.41) is 0. The van der Waals surface area contributed by atoms with Crippen LogP contribution in [-0.4, -0.2) is 62.9 Å². The third-order valence-corrected chi connectivity index (χ3v) is 5.19. The van der Waals surface area contributed by atoms with E-state index in [0.29, 0.717) is 42.5 Å². The van der Waals surface area contributed by atoms with E-state index in [1.807, 2.05) is 0 Å². The molecule has 2 aromatic rings. The number of aryl methyl sites for hydroxylation is 1. The van der Waals surface area contributed by atoms with E-state index < -0.39 is 0 Å². The largest absolute Gasteiger partial charge is 0.463 e. The lowest BCUT2D eigenvalue weighted by molar-refractivity contribution is -0.0386. The third kappa shape index (κ3) is 3.76. The van der Waals surface area contributed by atoms with Crippen LogP contribution in [0.25, 0.3) is 11.2 Å². The highest BCUT2D eigenvalue weighted by Gasteiger charge is 2.33. The summed E-state index contributed by atoms with van der Waals surface area (Å²) < 4.78 is 13.1. The maximum atomic E-state index is 12.3. The number of fused-ring (bicyclic) bond motifs is 3. The molecule has 2 aliphatic rings. The van der Waals surface area contributed by atoms with Crippen LogP contribution in [0, 0.1) is 0 Å². The van der Waals surface area contributed by atoms with Crippen molar-refractivity contribution in [3.8, 4) is 6.01 Å². The molecular weight excluding hydrogens is 334 g/mol. The van der Waals surface area contributed by atoms with Crippen molar-refractivity contribution in [3.05, 3.63) is 16.7 Å². The molecule has 4 rings (SSSR count). The van der Waals surface area contributed by atoms with Gasteiger partial charge in [-0.25, -0.2) is 9.78 Å². The van der Waals surface area contributed by atoms with Gasteiger partial charge in [0.2, 0.25) is 0 Å². The minimum atomic E-state index is -0.137. The molecule has 2 aromatic heterocycles. The van der Waals surface area contributed by atoms with Gasteiger partial charge in [0.05, 0.1) is 25.0 Å². The fourth-order valence-electron chi connectivity index (χ4n) is 3.85. The van der Waals surface area contributed by atoms with Crippen molar-refractivity contribution < 1.29 is 9.47 Å². The molecule has 0 amide bonds. The van der Waals surface area contributed by atoms with E-state index in [-0.39, 0.29) is 5.69 Å². The van der Waals surface area contributed by atoms with Gasteiger partial charge in [0, 0.05) is 26.2 Å².